The van der Waals surface area contributed by atoms with Crippen LogP contribution in [0.2, 0.25) is 0 Å². The van der Waals surface area contributed by atoms with E-state index in [-0.39, 0.29) is 31.8 Å². The van der Waals surface area contributed by atoms with Crippen LogP contribution in [0.4, 0.5) is 8.78 Å². The van der Waals surface area contributed by atoms with Gasteiger partial charge >= 0.3 is 0 Å². The fourth-order valence-corrected chi connectivity index (χ4v) is 2.42. The minimum atomic E-state index is -1.03. The predicted octanol–water partition coefficient (Wildman–Crippen LogP) is -0.0296. The summed E-state index contributed by atoms with van der Waals surface area (Å²) in [5, 5.41) is 5.01. The third-order valence-corrected chi connectivity index (χ3v) is 3.65. The minimum absolute atomic E-state index is 0.147. The first kappa shape index (κ1) is 16.9. The van der Waals surface area contributed by atoms with Crippen LogP contribution in [0.3, 0.4) is 0 Å². The van der Waals surface area contributed by atoms with Crippen LogP contribution < -0.4 is 10.6 Å². The normalized spacial score (nSPS) is 17.6. The fraction of sp³-hybridized carbons (Fsp3) is 0.400. The van der Waals surface area contributed by atoms with E-state index in [0.29, 0.717) is 5.56 Å². The zero-order chi connectivity index (χ0) is 17.0. The Morgan fingerprint density at radius 3 is 2.74 bits per heavy atom. The molecule has 1 aromatic carbocycles. The number of carbonyl (C=O) groups excluding carboxylic acids is 3. The summed E-state index contributed by atoms with van der Waals surface area (Å²) in [6.07, 6.45) is -0.319. The maximum absolute atomic E-state index is 13.2. The third-order valence-electron chi connectivity index (χ3n) is 3.65. The molecule has 0 saturated carbocycles. The second kappa shape index (κ2) is 7.17. The van der Waals surface area contributed by atoms with Crippen molar-refractivity contribution in [1.82, 2.24) is 15.5 Å². The van der Waals surface area contributed by atoms with E-state index < -0.39 is 29.5 Å². The summed E-state index contributed by atoms with van der Waals surface area (Å²) in [5.41, 5.74) is 0.304. The zero-order valence-corrected chi connectivity index (χ0v) is 12.6. The van der Waals surface area contributed by atoms with Crippen molar-refractivity contribution in [3.05, 3.63) is 35.4 Å². The van der Waals surface area contributed by atoms with Crippen LogP contribution in [-0.2, 0) is 20.8 Å². The number of piperazine rings is 1. The quantitative estimate of drug-likeness (QED) is 0.816. The average Bonchev–Trinajstić information content (AvgIpc) is 2.52. The van der Waals surface area contributed by atoms with Gasteiger partial charge in [-0.2, -0.15) is 0 Å². The van der Waals surface area contributed by atoms with Crippen LogP contribution >= 0.6 is 0 Å². The highest BCUT2D eigenvalue weighted by atomic mass is 19.2. The molecule has 2 N–H and O–H groups in total. The number of rotatable bonds is 4. The first-order valence-electron chi connectivity index (χ1n) is 7.14. The van der Waals surface area contributed by atoms with Gasteiger partial charge in [-0.05, 0) is 17.7 Å². The van der Waals surface area contributed by atoms with Crippen LogP contribution in [-0.4, -0.2) is 48.8 Å². The standard InChI is InChI=1S/C15H17F2N3O3/c1-18-13(21)8-12-15(23)19-4-5-20(12)14(22)7-9-2-3-10(16)11(17)6-9/h2-3,6,12H,4-5,7-8H2,1H3,(H,18,21)(H,19,23)/t12-/m0/s1. The topological polar surface area (TPSA) is 78.5 Å². The Kier molecular flexibility index (Phi) is 5.25. The van der Waals surface area contributed by atoms with Crippen molar-refractivity contribution in [2.24, 2.45) is 0 Å². The summed E-state index contributed by atoms with van der Waals surface area (Å²) in [6, 6.07) is 2.31. The number of hydrogen-bond acceptors (Lipinski definition) is 3. The molecule has 124 valence electrons. The summed E-state index contributed by atoms with van der Waals surface area (Å²) >= 11 is 0. The Balaban J connectivity index is 2.12. The maximum Gasteiger partial charge on any atom is 0.243 e. The highest BCUT2D eigenvalue weighted by Crippen LogP contribution is 2.14. The van der Waals surface area contributed by atoms with Crippen molar-refractivity contribution >= 4 is 17.7 Å². The molecule has 23 heavy (non-hydrogen) atoms. The van der Waals surface area contributed by atoms with E-state index in [2.05, 4.69) is 10.6 Å². The first-order valence-corrected chi connectivity index (χ1v) is 7.14. The molecular weight excluding hydrogens is 308 g/mol. The molecule has 8 heteroatoms. The largest absolute Gasteiger partial charge is 0.359 e. The van der Waals surface area contributed by atoms with Gasteiger partial charge in [0.2, 0.25) is 17.7 Å². The van der Waals surface area contributed by atoms with E-state index in [1.807, 2.05) is 0 Å². The van der Waals surface area contributed by atoms with Crippen molar-refractivity contribution in [3.63, 3.8) is 0 Å². The number of benzene rings is 1. The van der Waals surface area contributed by atoms with Crippen molar-refractivity contribution in [2.75, 3.05) is 20.1 Å². The number of carbonyl (C=O) groups is 3. The molecule has 6 nitrogen and oxygen atoms in total. The Morgan fingerprint density at radius 2 is 2.09 bits per heavy atom. The molecule has 0 aromatic heterocycles. The minimum Gasteiger partial charge on any atom is -0.359 e. The van der Waals surface area contributed by atoms with Crippen LogP contribution in [0.15, 0.2) is 18.2 Å². The smallest absolute Gasteiger partial charge is 0.243 e. The molecule has 1 atom stereocenters. The Hall–Kier alpha value is -2.51. The third kappa shape index (κ3) is 4.02. The number of amides is 3. The number of hydrogen-bond donors (Lipinski definition) is 2. The highest BCUT2D eigenvalue weighted by molar-refractivity contribution is 5.93. The molecule has 3 amide bonds. The van der Waals surface area contributed by atoms with Crippen molar-refractivity contribution in [1.29, 1.82) is 0 Å². The van der Waals surface area contributed by atoms with Crippen molar-refractivity contribution in [3.8, 4) is 0 Å². The lowest BCUT2D eigenvalue weighted by atomic mass is 10.1. The SMILES string of the molecule is CNC(=O)C[C@H]1C(=O)NCCN1C(=O)Cc1ccc(F)c(F)c1. The van der Waals surface area contributed by atoms with Gasteiger partial charge in [0.15, 0.2) is 11.6 Å². The summed E-state index contributed by atoms with van der Waals surface area (Å²) < 4.78 is 26.1. The van der Waals surface area contributed by atoms with Crippen molar-refractivity contribution in [2.45, 2.75) is 18.9 Å². The van der Waals surface area contributed by atoms with Gasteiger partial charge in [-0.15, -0.1) is 0 Å². The van der Waals surface area contributed by atoms with E-state index in [1.165, 1.54) is 18.0 Å². The maximum atomic E-state index is 13.2. The van der Waals surface area contributed by atoms with Gasteiger partial charge < -0.3 is 15.5 Å². The number of halogens is 2. The van der Waals surface area contributed by atoms with Crippen LogP contribution in [0.1, 0.15) is 12.0 Å². The van der Waals surface area contributed by atoms with E-state index in [1.54, 1.807) is 0 Å². The van der Waals surface area contributed by atoms with Gasteiger partial charge in [-0.25, -0.2) is 8.78 Å². The van der Waals surface area contributed by atoms with Crippen LogP contribution in [0, 0.1) is 11.6 Å². The Bertz CT molecular complexity index is 636. The predicted molar refractivity (Wildman–Crippen MR) is 77.3 cm³/mol. The molecule has 1 aromatic rings. The van der Waals surface area contributed by atoms with Gasteiger partial charge in [0, 0.05) is 20.1 Å². The van der Waals surface area contributed by atoms with Crippen LogP contribution in [0.25, 0.3) is 0 Å². The van der Waals surface area contributed by atoms with E-state index in [4.69, 9.17) is 0 Å². The molecule has 1 aliphatic rings. The summed E-state index contributed by atoms with van der Waals surface area (Å²) in [6.45, 7) is 0.544. The second-order valence-electron chi connectivity index (χ2n) is 5.20. The van der Waals surface area contributed by atoms with Crippen LogP contribution in [0.5, 0.6) is 0 Å². The van der Waals surface area contributed by atoms with Gasteiger partial charge in [0.05, 0.1) is 12.8 Å². The van der Waals surface area contributed by atoms with Crippen molar-refractivity contribution < 1.29 is 23.2 Å². The molecule has 1 aliphatic heterocycles. The van der Waals surface area contributed by atoms with E-state index in [9.17, 15) is 23.2 Å². The lowest BCUT2D eigenvalue weighted by Crippen LogP contribution is -2.58. The van der Waals surface area contributed by atoms with E-state index >= 15 is 0 Å². The average molecular weight is 325 g/mol. The lowest BCUT2D eigenvalue weighted by molar-refractivity contribution is -0.144. The number of nitrogens with zero attached hydrogens (tertiary/aromatic N) is 1. The Labute approximate surface area is 131 Å². The van der Waals surface area contributed by atoms with Gasteiger partial charge in [0.25, 0.3) is 0 Å². The molecular formula is C15H17F2N3O3. The van der Waals surface area contributed by atoms with Gasteiger partial charge in [0.1, 0.15) is 6.04 Å². The molecule has 0 radical (unpaired) electrons. The summed E-state index contributed by atoms with van der Waals surface area (Å²) in [4.78, 5) is 37.1. The molecule has 1 fully saturated rings. The molecule has 0 bridgehead atoms. The molecule has 1 heterocycles. The monoisotopic (exact) mass is 325 g/mol. The number of nitrogens with one attached hydrogen (secondary N) is 2. The zero-order valence-electron chi connectivity index (χ0n) is 12.6. The molecule has 2 rings (SSSR count). The lowest BCUT2D eigenvalue weighted by Gasteiger charge is -2.34. The van der Waals surface area contributed by atoms with E-state index in [0.717, 1.165) is 12.1 Å². The molecule has 0 unspecified atom stereocenters. The molecule has 0 spiro atoms. The first-order chi connectivity index (χ1) is 10.9. The van der Waals surface area contributed by atoms with Gasteiger partial charge in [-0.1, -0.05) is 6.07 Å². The summed E-state index contributed by atoms with van der Waals surface area (Å²) in [5.74, 6) is -3.21. The molecule has 0 aliphatic carbocycles. The van der Waals surface area contributed by atoms with Gasteiger partial charge in [-0.3, -0.25) is 14.4 Å². The molecule has 1 saturated heterocycles. The fourth-order valence-electron chi connectivity index (χ4n) is 2.42. The Morgan fingerprint density at radius 1 is 1.35 bits per heavy atom. The highest BCUT2D eigenvalue weighted by Gasteiger charge is 2.34. The second-order valence-corrected chi connectivity index (χ2v) is 5.20. The summed E-state index contributed by atoms with van der Waals surface area (Å²) in [7, 11) is 1.44.